The highest BCUT2D eigenvalue weighted by Gasteiger charge is 2.02. The number of halogens is 2. The Hall–Kier alpha value is -0.970. The predicted molar refractivity (Wildman–Crippen MR) is 46.2 cm³/mol. The maximum atomic E-state index is 12.8. The van der Waals surface area contributed by atoms with Crippen LogP contribution in [0.15, 0.2) is 16.9 Å². The highest BCUT2D eigenvalue weighted by atomic mass is 79.9. The van der Waals surface area contributed by atoms with Crippen LogP contribution in [0.3, 0.4) is 0 Å². The lowest BCUT2D eigenvalue weighted by Crippen LogP contribution is -2.06. The van der Waals surface area contributed by atoms with Crippen molar-refractivity contribution >= 4 is 27.5 Å². The summed E-state index contributed by atoms with van der Waals surface area (Å²) in [6.45, 7) is 1.35. The molecule has 0 aromatic carbocycles. The van der Waals surface area contributed by atoms with E-state index in [0.717, 1.165) is 0 Å². The van der Waals surface area contributed by atoms with Crippen LogP contribution in [-0.2, 0) is 4.79 Å². The quantitative estimate of drug-likeness (QED) is 0.753. The molecule has 5 heteroatoms. The number of carbonyl (C=O) groups is 1. The molecule has 1 heterocycles. The van der Waals surface area contributed by atoms with Crippen LogP contribution in [0.1, 0.15) is 6.92 Å². The van der Waals surface area contributed by atoms with Crippen molar-refractivity contribution in [1.29, 1.82) is 0 Å². The van der Waals surface area contributed by atoms with Gasteiger partial charge in [0, 0.05) is 13.0 Å². The number of hydrogen-bond acceptors (Lipinski definition) is 2. The molecular formula is C7H6BrFN2O. The number of anilines is 1. The van der Waals surface area contributed by atoms with E-state index in [9.17, 15) is 9.18 Å². The molecule has 0 unspecified atom stereocenters. The third-order valence-electron chi connectivity index (χ3n) is 1.12. The Balaban J connectivity index is 2.89. The molecular weight excluding hydrogens is 227 g/mol. The van der Waals surface area contributed by atoms with Gasteiger partial charge in [0.25, 0.3) is 0 Å². The largest absolute Gasteiger partial charge is 0.325 e. The zero-order valence-electron chi connectivity index (χ0n) is 6.27. The van der Waals surface area contributed by atoms with E-state index in [1.54, 1.807) is 0 Å². The first-order valence-corrected chi connectivity index (χ1v) is 3.97. The zero-order chi connectivity index (χ0) is 9.14. The molecule has 0 aliphatic rings. The van der Waals surface area contributed by atoms with Crippen molar-refractivity contribution in [2.24, 2.45) is 0 Å². The van der Waals surface area contributed by atoms with Crippen molar-refractivity contribution in [1.82, 2.24) is 4.98 Å². The second kappa shape index (κ2) is 3.62. The first-order valence-electron chi connectivity index (χ1n) is 3.18. The van der Waals surface area contributed by atoms with E-state index < -0.39 is 5.82 Å². The summed E-state index contributed by atoms with van der Waals surface area (Å²) >= 11 is 2.90. The Morgan fingerprint density at radius 3 is 2.92 bits per heavy atom. The molecule has 3 nitrogen and oxygen atoms in total. The lowest BCUT2D eigenvalue weighted by Gasteiger charge is -2.00. The van der Waals surface area contributed by atoms with Gasteiger partial charge in [0.15, 0.2) is 5.82 Å². The number of nitrogens with zero attached hydrogens (tertiary/aromatic N) is 1. The van der Waals surface area contributed by atoms with Crippen LogP contribution in [-0.4, -0.2) is 10.9 Å². The molecule has 0 atom stereocenters. The number of nitrogens with one attached hydrogen (secondary N) is 1. The molecule has 0 saturated heterocycles. The molecule has 0 aliphatic heterocycles. The number of hydrogen-bond donors (Lipinski definition) is 1. The molecule has 0 fully saturated rings. The monoisotopic (exact) mass is 232 g/mol. The van der Waals surface area contributed by atoms with Gasteiger partial charge < -0.3 is 5.32 Å². The third kappa shape index (κ3) is 2.27. The minimum Gasteiger partial charge on any atom is -0.325 e. The van der Waals surface area contributed by atoms with E-state index in [0.29, 0.717) is 5.69 Å². The van der Waals surface area contributed by atoms with Crippen molar-refractivity contribution in [3.63, 3.8) is 0 Å². The van der Waals surface area contributed by atoms with Crippen LogP contribution in [0, 0.1) is 5.82 Å². The van der Waals surface area contributed by atoms with Gasteiger partial charge in [0.05, 0.1) is 11.9 Å². The lowest BCUT2D eigenvalue weighted by atomic mass is 10.4. The van der Waals surface area contributed by atoms with Crippen LogP contribution in [0.25, 0.3) is 0 Å². The fourth-order valence-corrected chi connectivity index (χ4v) is 0.910. The summed E-state index contributed by atoms with van der Waals surface area (Å²) in [5.41, 5.74) is 0.350. The van der Waals surface area contributed by atoms with Crippen LogP contribution < -0.4 is 5.32 Å². The van der Waals surface area contributed by atoms with Crippen LogP contribution >= 0.6 is 15.9 Å². The number of carbonyl (C=O) groups excluding carboxylic acids is 1. The molecule has 64 valence electrons. The number of pyridine rings is 1. The second-order valence-corrected chi connectivity index (χ2v) is 2.93. The molecule has 1 aromatic rings. The van der Waals surface area contributed by atoms with Gasteiger partial charge >= 0.3 is 0 Å². The van der Waals surface area contributed by atoms with Crippen LogP contribution in [0.2, 0.25) is 0 Å². The normalized spacial score (nSPS) is 9.58. The molecule has 1 rings (SSSR count). The SMILES string of the molecule is CC(=O)Nc1cnc(Br)c(F)c1. The summed E-state index contributed by atoms with van der Waals surface area (Å²) in [6, 6.07) is 1.19. The minimum absolute atomic E-state index is 0.136. The fourth-order valence-electron chi connectivity index (χ4n) is 0.693. The van der Waals surface area contributed by atoms with Crippen molar-refractivity contribution in [2.75, 3.05) is 5.32 Å². The van der Waals surface area contributed by atoms with E-state index in [-0.39, 0.29) is 10.5 Å². The molecule has 1 aromatic heterocycles. The number of rotatable bonds is 1. The average molecular weight is 233 g/mol. The molecule has 1 amide bonds. The van der Waals surface area contributed by atoms with Gasteiger partial charge in [-0.2, -0.15) is 0 Å². The Morgan fingerprint density at radius 1 is 1.75 bits per heavy atom. The van der Waals surface area contributed by atoms with Crippen LogP contribution in [0.5, 0.6) is 0 Å². The molecule has 0 spiro atoms. The fraction of sp³-hybridized carbons (Fsp3) is 0.143. The van der Waals surface area contributed by atoms with Crippen molar-refractivity contribution in [3.05, 3.63) is 22.7 Å². The van der Waals surface area contributed by atoms with E-state index in [4.69, 9.17) is 0 Å². The highest BCUT2D eigenvalue weighted by molar-refractivity contribution is 9.10. The maximum Gasteiger partial charge on any atom is 0.221 e. The van der Waals surface area contributed by atoms with Crippen molar-refractivity contribution in [2.45, 2.75) is 6.92 Å². The minimum atomic E-state index is -0.499. The van der Waals surface area contributed by atoms with Gasteiger partial charge in [-0.25, -0.2) is 9.37 Å². The zero-order valence-corrected chi connectivity index (χ0v) is 7.85. The smallest absolute Gasteiger partial charge is 0.221 e. The second-order valence-electron chi connectivity index (χ2n) is 2.18. The first kappa shape index (κ1) is 9.12. The molecule has 0 bridgehead atoms. The topological polar surface area (TPSA) is 42.0 Å². The average Bonchev–Trinajstić information content (AvgIpc) is 1.96. The standard InChI is InChI=1S/C7H6BrFN2O/c1-4(12)11-5-2-6(9)7(8)10-3-5/h2-3H,1H3,(H,11,12). The summed E-state index contributed by atoms with van der Waals surface area (Å²) in [7, 11) is 0. The van der Waals surface area contributed by atoms with Gasteiger partial charge in [0.1, 0.15) is 4.60 Å². The number of aromatic nitrogens is 1. The van der Waals surface area contributed by atoms with Gasteiger partial charge in [-0.1, -0.05) is 0 Å². The van der Waals surface area contributed by atoms with E-state index >= 15 is 0 Å². The molecule has 0 radical (unpaired) electrons. The molecule has 0 aliphatic carbocycles. The maximum absolute atomic E-state index is 12.8. The Morgan fingerprint density at radius 2 is 2.42 bits per heavy atom. The van der Waals surface area contributed by atoms with E-state index in [1.165, 1.54) is 19.2 Å². The third-order valence-corrected chi connectivity index (χ3v) is 1.70. The van der Waals surface area contributed by atoms with Crippen molar-refractivity contribution in [3.8, 4) is 0 Å². The summed E-state index contributed by atoms with van der Waals surface area (Å²) in [6.07, 6.45) is 1.37. The van der Waals surface area contributed by atoms with E-state index in [2.05, 4.69) is 26.2 Å². The first-order chi connectivity index (χ1) is 5.59. The van der Waals surface area contributed by atoms with Gasteiger partial charge in [-0.05, 0) is 15.9 Å². The molecule has 1 N–H and O–H groups in total. The summed E-state index contributed by atoms with van der Waals surface area (Å²) in [4.78, 5) is 14.2. The predicted octanol–water partition coefficient (Wildman–Crippen LogP) is 1.94. The van der Waals surface area contributed by atoms with Gasteiger partial charge in [-0.3, -0.25) is 4.79 Å². The van der Waals surface area contributed by atoms with Gasteiger partial charge in [-0.15, -0.1) is 0 Å². The Labute approximate surface area is 77.1 Å². The van der Waals surface area contributed by atoms with Crippen LogP contribution in [0.4, 0.5) is 10.1 Å². The Bertz CT molecular complexity index is 316. The lowest BCUT2D eigenvalue weighted by molar-refractivity contribution is -0.114. The molecule has 0 saturated carbocycles. The summed E-state index contributed by atoms with van der Waals surface area (Å²) in [5.74, 6) is -0.750. The highest BCUT2D eigenvalue weighted by Crippen LogP contribution is 2.15. The number of amides is 1. The van der Waals surface area contributed by atoms with Crippen molar-refractivity contribution < 1.29 is 9.18 Å². The summed E-state index contributed by atoms with van der Waals surface area (Å²) < 4.78 is 12.9. The summed E-state index contributed by atoms with van der Waals surface area (Å²) in [5, 5.41) is 2.41. The van der Waals surface area contributed by atoms with Gasteiger partial charge in [0.2, 0.25) is 5.91 Å². The molecule has 12 heavy (non-hydrogen) atoms. The Kier molecular flexibility index (Phi) is 2.75. The van der Waals surface area contributed by atoms with E-state index in [1.807, 2.05) is 0 Å².